The number of amides is 1. The molecule has 6 heterocycles. The minimum atomic E-state index is -4.58. The predicted octanol–water partition coefficient (Wildman–Crippen LogP) is 6.89. The number of aromatic nitrogens is 3. The van der Waals surface area contributed by atoms with Crippen LogP contribution in [-0.2, 0) is 14.8 Å². The van der Waals surface area contributed by atoms with Crippen molar-refractivity contribution in [3.05, 3.63) is 106 Å². The second-order valence-corrected chi connectivity index (χ2v) is 19.1. The van der Waals surface area contributed by atoms with E-state index >= 15 is 0 Å². The Balaban J connectivity index is 0.903. The Morgan fingerprint density at radius 2 is 1.90 bits per heavy atom. The van der Waals surface area contributed by atoms with Crippen LogP contribution in [0.1, 0.15) is 85.8 Å². The van der Waals surface area contributed by atoms with E-state index in [9.17, 15) is 23.3 Å². The maximum atomic E-state index is 13.9. The number of fused-ring (bicyclic) bond motifs is 1. The molecule has 0 bridgehead atoms. The molecule has 3 aromatic heterocycles. The molecule has 2 atom stereocenters. The Morgan fingerprint density at radius 1 is 1.08 bits per heavy atom. The number of sulfonamides is 1. The zero-order chi connectivity index (χ0) is 43.0. The first-order valence-electron chi connectivity index (χ1n) is 21.6. The van der Waals surface area contributed by atoms with Crippen LogP contribution in [0.25, 0.3) is 11.0 Å². The summed E-state index contributed by atoms with van der Waals surface area (Å²) < 4.78 is 41.3. The lowest BCUT2D eigenvalue weighted by Crippen LogP contribution is -2.55. The summed E-state index contributed by atoms with van der Waals surface area (Å²) in [5.74, 6) is 0.308. The van der Waals surface area contributed by atoms with E-state index in [0.717, 1.165) is 50.5 Å². The van der Waals surface area contributed by atoms with Crippen LogP contribution < -0.4 is 25.0 Å². The van der Waals surface area contributed by atoms with E-state index in [2.05, 4.69) is 73.2 Å². The van der Waals surface area contributed by atoms with Crippen molar-refractivity contribution in [2.45, 2.75) is 81.4 Å². The van der Waals surface area contributed by atoms with E-state index < -0.39 is 31.4 Å². The molecular formula is C45H53N9O7S. The summed E-state index contributed by atoms with van der Waals surface area (Å²) in [4.78, 5) is 42.1. The van der Waals surface area contributed by atoms with Gasteiger partial charge in [-0.3, -0.25) is 19.8 Å². The van der Waals surface area contributed by atoms with Crippen LogP contribution in [0, 0.1) is 15.5 Å². The summed E-state index contributed by atoms with van der Waals surface area (Å²) in [6.07, 6.45) is 9.87. The second-order valence-electron chi connectivity index (χ2n) is 17.4. The monoisotopic (exact) mass is 863 g/mol. The smallest absolute Gasteiger partial charge is 0.293 e. The zero-order valence-electron chi connectivity index (χ0n) is 35.0. The third-order valence-electron chi connectivity index (χ3n) is 13.1. The van der Waals surface area contributed by atoms with Crippen molar-refractivity contribution in [2.24, 2.45) is 5.41 Å². The van der Waals surface area contributed by atoms with Crippen LogP contribution in [0.3, 0.4) is 0 Å². The van der Waals surface area contributed by atoms with Crippen LogP contribution >= 0.6 is 0 Å². The Hall–Kier alpha value is -5.62. The number of rotatable bonds is 13. The van der Waals surface area contributed by atoms with Gasteiger partial charge in [-0.05, 0) is 104 Å². The van der Waals surface area contributed by atoms with Crippen LogP contribution in [0.2, 0.25) is 0 Å². The van der Waals surface area contributed by atoms with Crippen molar-refractivity contribution in [3.8, 4) is 11.6 Å². The van der Waals surface area contributed by atoms with Crippen molar-refractivity contribution in [1.82, 2.24) is 29.9 Å². The Kier molecular flexibility index (Phi) is 11.6. The average Bonchev–Trinajstić information content (AvgIpc) is 3.95. The predicted molar refractivity (Wildman–Crippen MR) is 235 cm³/mol. The molecule has 4 fully saturated rings. The lowest BCUT2D eigenvalue weighted by atomic mass is 9.60. The van der Waals surface area contributed by atoms with Gasteiger partial charge in [-0.2, -0.15) is 4.98 Å². The van der Waals surface area contributed by atoms with E-state index in [4.69, 9.17) is 14.5 Å². The summed E-state index contributed by atoms with van der Waals surface area (Å²) in [5, 5.41) is 19.0. The molecule has 3 aliphatic heterocycles. The number of anilines is 2. The van der Waals surface area contributed by atoms with Gasteiger partial charge in [-0.1, -0.05) is 38.1 Å². The molecular weight excluding hydrogens is 811 g/mol. The number of piperidine rings is 1. The molecule has 2 unspecified atom stereocenters. The summed E-state index contributed by atoms with van der Waals surface area (Å²) in [6.45, 7) is 9.36. The number of carbonyl (C=O) groups is 1. The van der Waals surface area contributed by atoms with E-state index in [1.54, 1.807) is 18.3 Å². The van der Waals surface area contributed by atoms with E-state index in [-0.39, 0.29) is 35.2 Å². The summed E-state index contributed by atoms with van der Waals surface area (Å²) in [7, 11) is -4.58. The van der Waals surface area contributed by atoms with Gasteiger partial charge in [0.1, 0.15) is 28.5 Å². The van der Waals surface area contributed by atoms with Crippen LogP contribution in [0.5, 0.6) is 11.6 Å². The number of hydrogen-bond acceptors (Lipinski definition) is 13. The van der Waals surface area contributed by atoms with Gasteiger partial charge in [0.25, 0.3) is 21.6 Å². The van der Waals surface area contributed by atoms with E-state index in [1.807, 2.05) is 6.07 Å². The largest absolute Gasteiger partial charge is 0.436 e. The fourth-order valence-electron chi connectivity index (χ4n) is 9.83. The Morgan fingerprint density at radius 3 is 2.68 bits per heavy atom. The first-order valence-corrected chi connectivity index (χ1v) is 23.1. The molecule has 16 nitrogen and oxygen atoms in total. The molecule has 4 N–H and O–H groups in total. The van der Waals surface area contributed by atoms with Gasteiger partial charge in [0.15, 0.2) is 0 Å². The molecule has 1 amide bonds. The molecule has 0 radical (unpaired) electrons. The third kappa shape index (κ3) is 8.58. The molecule has 3 saturated heterocycles. The number of benzene rings is 2. The summed E-state index contributed by atoms with van der Waals surface area (Å²) in [5.41, 5.74) is 3.42. The molecule has 9 rings (SSSR count). The maximum Gasteiger partial charge on any atom is 0.293 e. The SMILES string of the molecule is CC(C)c1ccccc1C1CCCN1C1CC2(CCN(c3ccc(C(=O)NS(=O)(=O)c4ccc(NCC5CNCCO5)c([N+](=O)[O-])c4)c(Oc4cnc5[nH]ccc5c4)n3)CC2)C1. The van der Waals surface area contributed by atoms with Crippen LogP contribution in [-0.4, -0.2) is 97.1 Å². The molecule has 1 spiro atoms. The van der Waals surface area contributed by atoms with Gasteiger partial charge < -0.3 is 30.0 Å². The van der Waals surface area contributed by atoms with Gasteiger partial charge in [-0.25, -0.2) is 18.1 Å². The first-order chi connectivity index (χ1) is 29.9. The van der Waals surface area contributed by atoms with Gasteiger partial charge in [0, 0.05) is 62.5 Å². The van der Waals surface area contributed by atoms with Crippen molar-refractivity contribution in [2.75, 3.05) is 56.1 Å². The number of nitrogens with one attached hydrogen (secondary N) is 4. The Bertz CT molecular complexity index is 2560. The quantitative estimate of drug-likeness (QED) is 0.0707. The highest BCUT2D eigenvalue weighted by molar-refractivity contribution is 7.90. The highest BCUT2D eigenvalue weighted by Gasteiger charge is 2.50. The molecule has 326 valence electrons. The number of carbonyl (C=O) groups excluding carboxylic acids is 1. The number of hydrogen-bond donors (Lipinski definition) is 4. The minimum Gasteiger partial charge on any atom is -0.436 e. The fourth-order valence-corrected chi connectivity index (χ4v) is 10.8. The fraction of sp³-hybridized carbons (Fsp3) is 0.444. The summed E-state index contributed by atoms with van der Waals surface area (Å²) in [6, 6.07) is 20.3. The van der Waals surface area contributed by atoms with Crippen molar-refractivity contribution >= 4 is 44.2 Å². The van der Waals surface area contributed by atoms with Crippen LogP contribution in [0.4, 0.5) is 17.2 Å². The highest BCUT2D eigenvalue weighted by Crippen LogP contribution is 2.54. The summed E-state index contributed by atoms with van der Waals surface area (Å²) >= 11 is 0. The number of nitro groups is 1. The topological polar surface area (TPSA) is 197 Å². The molecule has 2 aromatic carbocycles. The third-order valence-corrected chi connectivity index (χ3v) is 14.5. The maximum absolute atomic E-state index is 13.9. The Labute approximate surface area is 361 Å². The van der Waals surface area contributed by atoms with E-state index in [0.29, 0.717) is 48.4 Å². The van der Waals surface area contributed by atoms with Crippen LogP contribution in [0.15, 0.2) is 84.0 Å². The number of pyridine rings is 2. The number of nitro benzene ring substituents is 1. The number of likely N-dealkylation sites (tertiary alicyclic amines) is 1. The normalized spacial score (nSPS) is 20.7. The lowest BCUT2D eigenvalue weighted by molar-refractivity contribution is -0.384. The minimum absolute atomic E-state index is 0.0948. The lowest BCUT2D eigenvalue weighted by Gasteiger charge is -2.56. The highest BCUT2D eigenvalue weighted by atomic mass is 32.2. The number of aromatic amines is 1. The van der Waals surface area contributed by atoms with Gasteiger partial charge >= 0.3 is 0 Å². The molecule has 5 aromatic rings. The number of ether oxygens (including phenoxy) is 2. The standard InChI is InChI=1S/C45H53N9O7S/c1-29(2)35-6-3-4-7-36(35)39-8-5-18-53(39)31-24-45(25-31)14-19-52(20-15-45)41-12-10-37(44(50-41)61-32-22-30-13-16-47-42(30)49-27-32)43(55)51-62(58,59)34-9-11-38(40(23-34)54(56)57)48-28-33-26-46-17-21-60-33/h3-4,6-7,9-13,16,22-23,27,29,31,33,39,46,48H,5,8,14-15,17-21,24-26,28H2,1-2H3,(H,47,49)(H,51,55). The first kappa shape index (κ1) is 41.7. The number of morpholine rings is 1. The average molecular weight is 864 g/mol. The van der Waals surface area contributed by atoms with Gasteiger partial charge in [0.05, 0.1) is 28.7 Å². The van der Waals surface area contributed by atoms with Gasteiger partial charge in [-0.15, -0.1) is 0 Å². The number of H-pyrrole nitrogens is 1. The second kappa shape index (κ2) is 17.3. The molecule has 1 aliphatic carbocycles. The van der Waals surface area contributed by atoms with Crippen molar-refractivity contribution in [1.29, 1.82) is 0 Å². The molecule has 17 heteroatoms. The van der Waals surface area contributed by atoms with Crippen molar-refractivity contribution < 1.29 is 27.6 Å². The number of nitrogens with zero attached hydrogens (tertiary/aromatic N) is 5. The molecule has 62 heavy (non-hydrogen) atoms. The zero-order valence-corrected chi connectivity index (χ0v) is 35.8. The van der Waals surface area contributed by atoms with E-state index in [1.165, 1.54) is 61.2 Å². The molecule has 4 aliphatic rings. The van der Waals surface area contributed by atoms with Gasteiger partial charge in [0.2, 0.25) is 5.88 Å². The van der Waals surface area contributed by atoms with Crippen molar-refractivity contribution in [3.63, 3.8) is 0 Å². The molecule has 1 saturated carbocycles.